The Bertz CT molecular complexity index is 969. The van der Waals surface area contributed by atoms with Crippen molar-refractivity contribution in [3.05, 3.63) is 58.6 Å². The molecule has 0 saturated carbocycles. The van der Waals surface area contributed by atoms with Gasteiger partial charge in [-0.3, -0.25) is 4.79 Å². The first-order valence-electron chi connectivity index (χ1n) is 9.46. The van der Waals surface area contributed by atoms with E-state index >= 15 is 0 Å². The van der Waals surface area contributed by atoms with Gasteiger partial charge in [-0.25, -0.2) is 12.7 Å². The highest BCUT2D eigenvalue weighted by molar-refractivity contribution is 7.88. The van der Waals surface area contributed by atoms with Gasteiger partial charge in [0.25, 0.3) is 0 Å². The molecule has 0 bridgehead atoms. The van der Waals surface area contributed by atoms with Crippen LogP contribution < -0.4 is 10.1 Å². The predicted octanol–water partition coefficient (Wildman–Crippen LogP) is 3.84. The molecule has 2 aromatic rings. The van der Waals surface area contributed by atoms with Crippen LogP contribution in [0.3, 0.4) is 0 Å². The number of rotatable bonds is 6. The van der Waals surface area contributed by atoms with Gasteiger partial charge in [-0.1, -0.05) is 41.4 Å². The molecule has 0 spiro atoms. The number of ether oxygens (including phenoxy) is 1. The number of hydrogen-bond donors (Lipinski definition) is 1. The lowest BCUT2D eigenvalue weighted by atomic mass is 9.97. The lowest BCUT2D eigenvalue weighted by molar-refractivity contribution is -0.120. The number of carbonyl (C=O) groups excluding carboxylic acids is 1. The minimum Gasteiger partial charge on any atom is -0.495 e. The summed E-state index contributed by atoms with van der Waals surface area (Å²) >= 11 is 6.09. The van der Waals surface area contributed by atoms with Crippen LogP contribution in [0.15, 0.2) is 42.5 Å². The maximum Gasteiger partial charge on any atom is 0.227 e. The summed E-state index contributed by atoms with van der Waals surface area (Å²) in [6, 6.07) is 12.6. The number of anilines is 1. The van der Waals surface area contributed by atoms with E-state index in [9.17, 15) is 13.2 Å². The Morgan fingerprint density at radius 1 is 1.17 bits per heavy atom. The number of halogens is 1. The van der Waals surface area contributed by atoms with Gasteiger partial charge in [0.05, 0.1) is 17.9 Å². The molecule has 1 heterocycles. The Balaban J connectivity index is 1.55. The summed E-state index contributed by atoms with van der Waals surface area (Å²) < 4.78 is 32.0. The van der Waals surface area contributed by atoms with E-state index in [4.69, 9.17) is 16.3 Å². The maximum absolute atomic E-state index is 12.7. The fourth-order valence-electron chi connectivity index (χ4n) is 3.37. The molecular weight excluding hydrogens is 412 g/mol. The average molecular weight is 437 g/mol. The second kappa shape index (κ2) is 9.15. The third-order valence-corrected chi connectivity index (χ3v) is 7.25. The highest BCUT2D eigenvalue weighted by Gasteiger charge is 2.31. The molecule has 1 amide bonds. The molecular formula is C21H25ClN2O4S. The van der Waals surface area contributed by atoms with Crippen molar-refractivity contribution in [3.63, 3.8) is 0 Å². The number of carbonyl (C=O) groups is 1. The minimum absolute atomic E-state index is 0.0194. The zero-order valence-electron chi connectivity index (χ0n) is 16.5. The minimum atomic E-state index is -3.40. The SMILES string of the molecule is COc1ccc(NC(=O)C2CCN(S(=O)(=O)Cc3ccc(C)cc3)CC2)cc1Cl. The summed E-state index contributed by atoms with van der Waals surface area (Å²) in [7, 11) is -1.87. The van der Waals surface area contributed by atoms with Crippen molar-refractivity contribution in [2.24, 2.45) is 5.92 Å². The fraction of sp³-hybridized carbons (Fsp3) is 0.381. The lowest BCUT2D eigenvalue weighted by Gasteiger charge is -2.30. The molecule has 1 aliphatic heterocycles. The van der Waals surface area contributed by atoms with Gasteiger partial charge < -0.3 is 10.1 Å². The average Bonchev–Trinajstić information content (AvgIpc) is 2.70. The summed E-state index contributed by atoms with van der Waals surface area (Å²) in [5, 5.41) is 3.27. The Morgan fingerprint density at radius 2 is 1.83 bits per heavy atom. The highest BCUT2D eigenvalue weighted by atomic mass is 35.5. The van der Waals surface area contributed by atoms with Crippen LogP contribution in [0.5, 0.6) is 5.75 Å². The van der Waals surface area contributed by atoms with Gasteiger partial charge >= 0.3 is 0 Å². The van der Waals surface area contributed by atoms with Crippen LogP contribution in [-0.4, -0.2) is 38.8 Å². The lowest BCUT2D eigenvalue weighted by Crippen LogP contribution is -2.41. The fourth-order valence-corrected chi connectivity index (χ4v) is 5.19. The standard InChI is InChI=1S/C21H25ClN2O4S/c1-15-3-5-16(6-4-15)14-29(26,27)24-11-9-17(10-12-24)21(25)23-18-7-8-20(28-2)19(22)13-18/h3-8,13,17H,9-12,14H2,1-2H3,(H,23,25). The van der Waals surface area contributed by atoms with Crippen LogP contribution in [0.4, 0.5) is 5.69 Å². The van der Waals surface area contributed by atoms with Gasteiger partial charge in [0.15, 0.2) is 0 Å². The Kier molecular flexibility index (Phi) is 6.82. The predicted molar refractivity (Wildman–Crippen MR) is 115 cm³/mol. The molecule has 0 aliphatic carbocycles. The molecule has 29 heavy (non-hydrogen) atoms. The van der Waals surface area contributed by atoms with E-state index in [0.29, 0.717) is 42.4 Å². The van der Waals surface area contributed by atoms with E-state index in [0.717, 1.165) is 11.1 Å². The first-order chi connectivity index (χ1) is 13.8. The number of nitrogens with one attached hydrogen (secondary N) is 1. The number of nitrogens with zero attached hydrogens (tertiary/aromatic N) is 1. The third kappa shape index (κ3) is 5.50. The summed E-state index contributed by atoms with van der Waals surface area (Å²) in [6.45, 7) is 2.65. The van der Waals surface area contributed by atoms with Gasteiger partial charge in [0, 0.05) is 24.7 Å². The maximum atomic E-state index is 12.7. The van der Waals surface area contributed by atoms with Crippen molar-refractivity contribution in [1.29, 1.82) is 0 Å². The van der Waals surface area contributed by atoms with Gasteiger partial charge in [0.2, 0.25) is 15.9 Å². The van der Waals surface area contributed by atoms with Gasteiger partial charge in [-0.05, 0) is 43.5 Å². The number of aryl methyl sites for hydroxylation is 1. The highest BCUT2D eigenvalue weighted by Crippen LogP contribution is 2.28. The van der Waals surface area contributed by atoms with Gasteiger partial charge in [-0.15, -0.1) is 0 Å². The molecule has 0 atom stereocenters. The first-order valence-corrected chi connectivity index (χ1v) is 11.4. The van der Waals surface area contributed by atoms with E-state index in [1.165, 1.54) is 11.4 Å². The van der Waals surface area contributed by atoms with Gasteiger partial charge in [0.1, 0.15) is 5.75 Å². The van der Waals surface area contributed by atoms with Crippen LogP contribution in [0.2, 0.25) is 5.02 Å². The Labute approximate surface area is 176 Å². The molecule has 0 radical (unpaired) electrons. The summed E-state index contributed by atoms with van der Waals surface area (Å²) in [5.74, 6) is 0.161. The molecule has 1 saturated heterocycles. The van der Waals surface area contributed by atoms with Crippen molar-refractivity contribution >= 4 is 33.2 Å². The van der Waals surface area contributed by atoms with E-state index in [1.54, 1.807) is 18.2 Å². The number of methoxy groups -OCH3 is 1. The zero-order chi connectivity index (χ0) is 21.0. The normalized spacial score (nSPS) is 15.8. The molecule has 156 valence electrons. The molecule has 0 aromatic heterocycles. The molecule has 6 nitrogen and oxygen atoms in total. The number of hydrogen-bond acceptors (Lipinski definition) is 4. The topological polar surface area (TPSA) is 75.7 Å². The van der Waals surface area contributed by atoms with Crippen molar-refractivity contribution in [2.45, 2.75) is 25.5 Å². The van der Waals surface area contributed by atoms with E-state index in [-0.39, 0.29) is 17.6 Å². The third-order valence-electron chi connectivity index (χ3n) is 5.11. The molecule has 1 N–H and O–H groups in total. The monoisotopic (exact) mass is 436 g/mol. The molecule has 1 aliphatic rings. The number of sulfonamides is 1. The van der Waals surface area contributed by atoms with Crippen LogP contribution in [0, 0.1) is 12.8 Å². The van der Waals surface area contributed by atoms with E-state index in [2.05, 4.69) is 5.32 Å². The smallest absolute Gasteiger partial charge is 0.227 e. The second-order valence-corrected chi connectivity index (χ2v) is 9.63. The number of piperidine rings is 1. The van der Waals surface area contributed by atoms with Crippen molar-refractivity contribution in [1.82, 2.24) is 4.31 Å². The van der Waals surface area contributed by atoms with Crippen molar-refractivity contribution < 1.29 is 17.9 Å². The van der Waals surface area contributed by atoms with Gasteiger partial charge in [-0.2, -0.15) is 0 Å². The number of amides is 1. The Morgan fingerprint density at radius 3 is 2.41 bits per heavy atom. The molecule has 2 aromatic carbocycles. The van der Waals surface area contributed by atoms with E-state index in [1.807, 2.05) is 31.2 Å². The second-order valence-electron chi connectivity index (χ2n) is 7.25. The van der Waals surface area contributed by atoms with E-state index < -0.39 is 10.0 Å². The largest absolute Gasteiger partial charge is 0.495 e. The first kappa shape index (κ1) is 21.6. The zero-order valence-corrected chi connectivity index (χ0v) is 18.1. The van der Waals surface area contributed by atoms with Crippen molar-refractivity contribution in [3.8, 4) is 5.75 Å². The summed E-state index contributed by atoms with van der Waals surface area (Å²) in [6.07, 6.45) is 0.978. The summed E-state index contributed by atoms with van der Waals surface area (Å²) in [4.78, 5) is 12.6. The van der Waals surface area contributed by atoms with Crippen LogP contribution in [-0.2, 0) is 20.6 Å². The molecule has 0 unspecified atom stereocenters. The van der Waals surface area contributed by atoms with Crippen LogP contribution in [0.1, 0.15) is 24.0 Å². The Hall–Kier alpha value is -2.09. The molecule has 3 rings (SSSR count). The quantitative estimate of drug-likeness (QED) is 0.746. The molecule has 8 heteroatoms. The van der Waals surface area contributed by atoms with Crippen LogP contribution in [0.25, 0.3) is 0 Å². The number of benzene rings is 2. The summed E-state index contributed by atoms with van der Waals surface area (Å²) in [5.41, 5.74) is 2.46. The van der Waals surface area contributed by atoms with Crippen molar-refractivity contribution in [2.75, 3.05) is 25.5 Å². The molecule has 1 fully saturated rings. The van der Waals surface area contributed by atoms with Crippen LogP contribution >= 0.6 is 11.6 Å².